The third-order valence-electron chi connectivity index (χ3n) is 5.15. The molecule has 2 amide bonds. The maximum atomic E-state index is 12.9. The van der Waals surface area contributed by atoms with Crippen molar-refractivity contribution in [1.82, 2.24) is 9.80 Å². The molecule has 136 valence electrons. The zero-order valence-electron chi connectivity index (χ0n) is 14.7. The fourth-order valence-corrected chi connectivity index (χ4v) is 3.86. The van der Waals surface area contributed by atoms with E-state index in [0.29, 0.717) is 18.9 Å². The number of likely N-dealkylation sites (tertiary alicyclic amines) is 1. The number of rotatable bonds is 3. The topological polar surface area (TPSA) is 66.6 Å². The van der Waals surface area contributed by atoms with Crippen molar-refractivity contribution in [2.24, 2.45) is 11.7 Å². The molecule has 0 radical (unpaired) electrons. The summed E-state index contributed by atoms with van der Waals surface area (Å²) in [6.07, 6.45) is 4.99. The van der Waals surface area contributed by atoms with Gasteiger partial charge in [0.15, 0.2) is 0 Å². The number of hydrogen-bond donors (Lipinski definition) is 1. The molecule has 2 N–H and O–H groups in total. The summed E-state index contributed by atoms with van der Waals surface area (Å²) in [7, 11) is 0. The van der Waals surface area contributed by atoms with Crippen molar-refractivity contribution in [2.45, 2.75) is 38.8 Å². The van der Waals surface area contributed by atoms with Crippen LogP contribution >= 0.6 is 12.4 Å². The van der Waals surface area contributed by atoms with E-state index in [1.54, 1.807) is 18.0 Å². The van der Waals surface area contributed by atoms with Crippen molar-refractivity contribution in [3.05, 3.63) is 41.6 Å². The second-order valence-corrected chi connectivity index (χ2v) is 6.82. The summed E-state index contributed by atoms with van der Waals surface area (Å²) in [5.41, 5.74) is 7.87. The standard InChI is InChI=1S/C19H25N3O2.ClH/c1-13-9-15(11-20)12-22(13)19(24)10-18-17-6-4-3-5-16(17)7-8-21(18)14(2)23;/h3-8,13,15,18H,9-12,20H2,1-2H3;1H. The summed E-state index contributed by atoms with van der Waals surface area (Å²) in [5, 5.41) is 0. The van der Waals surface area contributed by atoms with Gasteiger partial charge in [0.25, 0.3) is 0 Å². The first kappa shape index (κ1) is 19.5. The lowest BCUT2D eigenvalue weighted by Gasteiger charge is -2.34. The van der Waals surface area contributed by atoms with Gasteiger partial charge in [0.1, 0.15) is 0 Å². The van der Waals surface area contributed by atoms with Crippen LogP contribution in [0.15, 0.2) is 30.5 Å². The number of amides is 2. The molecule has 0 aromatic heterocycles. The minimum atomic E-state index is -0.236. The van der Waals surface area contributed by atoms with E-state index in [2.05, 4.69) is 6.92 Å². The van der Waals surface area contributed by atoms with Crippen molar-refractivity contribution < 1.29 is 9.59 Å². The summed E-state index contributed by atoms with van der Waals surface area (Å²) < 4.78 is 0. The van der Waals surface area contributed by atoms with Gasteiger partial charge in [-0.15, -0.1) is 12.4 Å². The minimum Gasteiger partial charge on any atom is -0.340 e. The summed E-state index contributed by atoms with van der Waals surface area (Å²) in [5.74, 6) is 0.430. The van der Waals surface area contributed by atoms with Crippen LogP contribution in [0.1, 0.15) is 43.9 Å². The Balaban J connectivity index is 0.00000225. The molecule has 3 atom stereocenters. The maximum absolute atomic E-state index is 12.9. The molecule has 1 fully saturated rings. The summed E-state index contributed by atoms with van der Waals surface area (Å²) >= 11 is 0. The van der Waals surface area contributed by atoms with Gasteiger partial charge in [0.05, 0.1) is 12.5 Å². The molecule has 5 nitrogen and oxygen atoms in total. The number of carbonyl (C=O) groups excluding carboxylic acids is 2. The zero-order valence-corrected chi connectivity index (χ0v) is 15.5. The van der Waals surface area contributed by atoms with Crippen molar-refractivity contribution in [2.75, 3.05) is 13.1 Å². The molecule has 2 aliphatic heterocycles. The zero-order chi connectivity index (χ0) is 17.3. The Hall–Kier alpha value is -1.85. The molecule has 0 bridgehead atoms. The van der Waals surface area contributed by atoms with Crippen LogP contribution < -0.4 is 5.73 Å². The van der Waals surface area contributed by atoms with Crippen LogP contribution in [0, 0.1) is 5.92 Å². The number of benzene rings is 1. The van der Waals surface area contributed by atoms with Gasteiger partial charge in [0.2, 0.25) is 11.8 Å². The van der Waals surface area contributed by atoms with E-state index in [-0.39, 0.29) is 36.3 Å². The third-order valence-corrected chi connectivity index (χ3v) is 5.15. The van der Waals surface area contributed by atoms with Gasteiger partial charge < -0.3 is 15.5 Å². The monoisotopic (exact) mass is 363 g/mol. The Bertz CT molecular complexity index is 676. The Kier molecular flexibility index (Phi) is 6.25. The SMILES string of the molecule is CC(=O)N1C=Cc2ccccc2C1CC(=O)N1CC(CN)CC1C.Cl. The van der Waals surface area contributed by atoms with Crippen molar-refractivity contribution in [3.8, 4) is 0 Å². The molecule has 3 unspecified atom stereocenters. The average molecular weight is 364 g/mol. The van der Waals surface area contributed by atoms with E-state index >= 15 is 0 Å². The number of fused-ring (bicyclic) bond motifs is 1. The lowest BCUT2D eigenvalue weighted by atomic mass is 9.93. The predicted octanol–water partition coefficient (Wildman–Crippen LogP) is 2.57. The normalized spacial score (nSPS) is 24.7. The molecule has 1 saturated heterocycles. The molecule has 1 aromatic rings. The van der Waals surface area contributed by atoms with Gasteiger partial charge in [-0.25, -0.2) is 0 Å². The Morgan fingerprint density at radius 1 is 1.28 bits per heavy atom. The summed E-state index contributed by atoms with van der Waals surface area (Å²) in [4.78, 5) is 28.5. The first-order chi connectivity index (χ1) is 11.5. The van der Waals surface area contributed by atoms with Crippen LogP contribution in [0.3, 0.4) is 0 Å². The first-order valence-corrected chi connectivity index (χ1v) is 8.56. The fourth-order valence-electron chi connectivity index (χ4n) is 3.86. The van der Waals surface area contributed by atoms with E-state index in [1.165, 1.54) is 0 Å². The molecule has 6 heteroatoms. The van der Waals surface area contributed by atoms with E-state index < -0.39 is 0 Å². The van der Waals surface area contributed by atoms with Gasteiger partial charge in [-0.3, -0.25) is 9.59 Å². The average Bonchev–Trinajstić information content (AvgIpc) is 2.96. The predicted molar refractivity (Wildman–Crippen MR) is 101 cm³/mol. The number of nitrogens with two attached hydrogens (primary N) is 1. The molecule has 2 heterocycles. The maximum Gasteiger partial charge on any atom is 0.225 e. The van der Waals surface area contributed by atoms with Crippen molar-refractivity contribution in [3.63, 3.8) is 0 Å². The molecular weight excluding hydrogens is 338 g/mol. The quantitative estimate of drug-likeness (QED) is 0.897. The number of halogens is 1. The van der Waals surface area contributed by atoms with Gasteiger partial charge in [-0.2, -0.15) is 0 Å². The molecule has 0 aliphatic carbocycles. The van der Waals surface area contributed by atoms with Gasteiger partial charge in [0, 0.05) is 25.7 Å². The molecule has 25 heavy (non-hydrogen) atoms. The minimum absolute atomic E-state index is 0. The molecular formula is C19H26ClN3O2. The largest absolute Gasteiger partial charge is 0.340 e. The van der Waals surface area contributed by atoms with Crippen molar-refractivity contribution >= 4 is 30.3 Å². The molecule has 0 spiro atoms. The van der Waals surface area contributed by atoms with Gasteiger partial charge >= 0.3 is 0 Å². The van der Waals surface area contributed by atoms with E-state index in [4.69, 9.17) is 5.73 Å². The Labute approximate surface area is 155 Å². The number of hydrogen-bond acceptors (Lipinski definition) is 3. The van der Waals surface area contributed by atoms with E-state index in [9.17, 15) is 9.59 Å². The van der Waals surface area contributed by atoms with Gasteiger partial charge in [-0.1, -0.05) is 24.3 Å². The van der Waals surface area contributed by atoms with Gasteiger partial charge in [-0.05, 0) is 43.0 Å². The highest BCUT2D eigenvalue weighted by atomic mass is 35.5. The Morgan fingerprint density at radius 3 is 2.64 bits per heavy atom. The molecule has 3 rings (SSSR count). The highest BCUT2D eigenvalue weighted by Crippen LogP contribution is 2.34. The fraction of sp³-hybridized carbons (Fsp3) is 0.474. The number of nitrogens with zero attached hydrogens (tertiary/aromatic N) is 2. The number of carbonyl (C=O) groups is 2. The van der Waals surface area contributed by atoms with Crippen LogP contribution in [-0.4, -0.2) is 40.7 Å². The Morgan fingerprint density at radius 2 is 2.00 bits per heavy atom. The highest BCUT2D eigenvalue weighted by molar-refractivity contribution is 5.85. The second kappa shape index (κ2) is 8.02. The molecule has 0 saturated carbocycles. The third kappa shape index (κ3) is 3.88. The first-order valence-electron chi connectivity index (χ1n) is 8.56. The van der Waals surface area contributed by atoms with Crippen LogP contribution in [-0.2, 0) is 9.59 Å². The molecule has 2 aliphatic rings. The lowest BCUT2D eigenvalue weighted by molar-refractivity contribution is -0.135. The van der Waals surface area contributed by atoms with Crippen LogP contribution in [0.4, 0.5) is 0 Å². The smallest absolute Gasteiger partial charge is 0.225 e. The van der Waals surface area contributed by atoms with Crippen LogP contribution in [0.2, 0.25) is 0 Å². The van der Waals surface area contributed by atoms with Crippen LogP contribution in [0.25, 0.3) is 6.08 Å². The van der Waals surface area contributed by atoms with Crippen molar-refractivity contribution in [1.29, 1.82) is 0 Å². The van der Waals surface area contributed by atoms with E-state index in [0.717, 1.165) is 24.1 Å². The summed E-state index contributed by atoms with van der Waals surface area (Å²) in [6.45, 7) is 4.95. The second-order valence-electron chi connectivity index (χ2n) is 6.82. The van der Waals surface area contributed by atoms with Crippen LogP contribution in [0.5, 0.6) is 0 Å². The van der Waals surface area contributed by atoms with E-state index in [1.807, 2.05) is 35.2 Å². The highest BCUT2D eigenvalue weighted by Gasteiger charge is 2.35. The molecule has 1 aromatic carbocycles. The summed E-state index contributed by atoms with van der Waals surface area (Å²) in [6, 6.07) is 7.93. The lowest BCUT2D eigenvalue weighted by Crippen LogP contribution is -2.39.